The molecule has 2 aromatic rings. The number of nitrogens with zero attached hydrogens (tertiary/aromatic N) is 2. The third kappa shape index (κ3) is 4.11. The number of carbonyl (C=O) groups is 1. The van der Waals surface area contributed by atoms with Crippen LogP contribution in [0.25, 0.3) is 0 Å². The molecule has 0 saturated heterocycles. The van der Waals surface area contributed by atoms with Gasteiger partial charge in [0.05, 0.1) is 6.04 Å². The minimum absolute atomic E-state index is 0.0368. The van der Waals surface area contributed by atoms with Gasteiger partial charge in [-0.3, -0.25) is 4.90 Å². The van der Waals surface area contributed by atoms with Crippen molar-refractivity contribution in [2.75, 3.05) is 11.5 Å². The Labute approximate surface area is 164 Å². The molecule has 6 heteroatoms. The summed E-state index contributed by atoms with van der Waals surface area (Å²) in [6.07, 6.45) is 4.15. The van der Waals surface area contributed by atoms with E-state index in [4.69, 9.17) is 9.47 Å². The Morgan fingerprint density at radius 3 is 2.61 bits per heavy atom. The van der Waals surface area contributed by atoms with Gasteiger partial charge in [0, 0.05) is 6.20 Å². The fraction of sp³-hybridized carbons (Fsp3) is 0.455. The summed E-state index contributed by atoms with van der Waals surface area (Å²) >= 11 is 0. The first-order valence-electron chi connectivity index (χ1n) is 9.68. The van der Waals surface area contributed by atoms with Crippen molar-refractivity contribution in [2.24, 2.45) is 5.92 Å². The van der Waals surface area contributed by atoms with Gasteiger partial charge in [-0.2, -0.15) is 0 Å². The van der Waals surface area contributed by atoms with Crippen LogP contribution in [0.15, 0.2) is 36.5 Å². The van der Waals surface area contributed by atoms with Gasteiger partial charge < -0.3 is 9.47 Å². The Hall–Kier alpha value is -2.63. The summed E-state index contributed by atoms with van der Waals surface area (Å²) in [4.78, 5) is 19.2. The highest BCUT2D eigenvalue weighted by molar-refractivity contribution is 5.91. The lowest BCUT2D eigenvalue weighted by molar-refractivity contribution is 0.0534. The maximum absolute atomic E-state index is 13.2. The Morgan fingerprint density at radius 2 is 1.96 bits per heavy atom. The van der Waals surface area contributed by atoms with Crippen molar-refractivity contribution in [1.29, 1.82) is 0 Å². The molecule has 0 spiro atoms. The summed E-state index contributed by atoms with van der Waals surface area (Å²) < 4.78 is 24.7. The Bertz CT molecular complexity index is 872. The average Bonchev–Trinajstić information content (AvgIpc) is 3.46. The van der Waals surface area contributed by atoms with Gasteiger partial charge in [-0.15, -0.1) is 0 Å². The van der Waals surface area contributed by atoms with Crippen LogP contribution >= 0.6 is 0 Å². The van der Waals surface area contributed by atoms with Gasteiger partial charge in [0.2, 0.25) is 5.88 Å². The monoisotopic (exact) mass is 384 g/mol. The normalized spacial score (nSPS) is 19.0. The molecule has 0 N–H and O–H groups in total. The first kappa shape index (κ1) is 18.7. The van der Waals surface area contributed by atoms with Crippen LogP contribution in [0.4, 0.5) is 14.9 Å². The van der Waals surface area contributed by atoms with Crippen molar-refractivity contribution in [2.45, 2.75) is 51.7 Å². The smallest absolute Gasteiger partial charge is 0.415 e. The van der Waals surface area contributed by atoms with Gasteiger partial charge in [0.1, 0.15) is 23.7 Å². The number of amides is 1. The molecule has 1 atom stereocenters. The third-order valence-electron chi connectivity index (χ3n) is 4.95. The second-order valence-corrected chi connectivity index (χ2v) is 8.54. The summed E-state index contributed by atoms with van der Waals surface area (Å²) in [5, 5.41) is 0. The number of fused-ring (bicyclic) bond motifs is 1. The fourth-order valence-corrected chi connectivity index (χ4v) is 3.49. The lowest BCUT2D eigenvalue weighted by Crippen LogP contribution is -2.50. The van der Waals surface area contributed by atoms with Crippen molar-refractivity contribution >= 4 is 11.8 Å². The number of benzene rings is 1. The molecule has 1 aromatic heterocycles. The van der Waals surface area contributed by atoms with Crippen LogP contribution in [0.3, 0.4) is 0 Å². The molecule has 148 valence electrons. The van der Waals surface area contributed by atoms with Crippen molar-refractivity contribution in [3.8, 4) is 5.88 Å². The van der Waals surface area contributed by atoms with Crippen LogP contribution in [0.2, 0.25) is 0 Å². The Morgan fingerprint density at radius 1 is 1.25 bits per heavy atom. The first-order chi connectivity index (χ1) is 13.3. The van der Waals surface area contributed by atoms with E-state index in [-0.39, 0.29) is 18.0 Å². The van der Waals surface area contributed by atoms with Crippen molar-refractivity contribution in [3.63, 3.8) is 0 Å². The number of pyridine rings is 1. The molecule has 1 aliphatic carbocycles. The van der Waals surface area contributed by atoms with Crippen molar-refractivity contribution in [3.05, 3.63) is 53.5 Å². The molecule has 1 aliphatic heterocycles. The van der Waals surface area contributed by atoms with Crippen LogP contribution < -0.4 is 9.64 Å². The van der Waals surface area contributed by atoms with E-state index in [1.807, 2.05) is 26.8 Å². The molecular weight excluding hydrogens is 359 g/mol. The lowest BCUT2D eigenvalue weighted by Gasteiger charge is -2.37. The molecule has 28 heavy (non-hydrogen) atoms. The number of anilines is 1. The zero-order chi connectivity index (χ0) is 19.9. The number of hydrogen-bond acceptors (Lipinski definition) is 4. The number of halogens is 1. The first-order valence-corrected chi connectivity index (χ1v) is 9.68. The van der Waals surface area contributed by atoms with Crippen LogP contribution in [-0.4, -0.2) is 29.3 Å². The van der Waals surface area contributed by atoms with Gasteiger partial charge in [0.25, 0.3) is 0 Å². The van der Waals surface area contributed by atoms with E-state index in [0.717, 1.165) is 24.0 Å². The van der Waals surface area contributed by atoms with Gasteiger partial charge in [-0.25, -0.2) is 14.2 Å². The van der Waals surface area contributed by atoms with Crippen LogP contribution in [0.5, 0.6) is 5.88 Å². The van der Waals surface area contributed by atoms with E-state index in [9.17, 15) is 9.18 Å². The summed E-state index contributed by atoms with van der Waals surface area (Å²) in [6, 6.07) is 8.30. The summed E-state index contributed by atoms with van der Waals surface area (Å²) in [5.41, 5.74) is 1.97. The van der Waals surface area contributed by atoms with Gasteiger partial charge in [-0.05, 0) is 75.3 Å². The van der Waals surface area contributed by atoms with Crippen molar-refractivity contribution < 1.29 is 18.7 Å². The number of hydrogen-bond donors (Lipinski definition) is 0. The fourth-order valence-electron chi connectivity index (χ4n) is 3.49. The maximum atomic E-state index is 13.2. The second-order valence-electron chi connectivity index (χ2n) is 8.54. The third-order valence-corrected chi connectivity index (χ3v) is 4.95. The summed E-state index contributed by atoms with van der Waals surface area (Å²) in [6.45, 7) is 6.02. The largest absolute Gasteiger partial charge is 0.474 e. The number of ether oxygens (including phenoxy) is 2. The Kier molecular flexibility index (Phi) is 4.73. The van der Waals surface area contributed by atoms with E-state index < -0.39 is 5.60 Å². The summed E-state index contributed by atoms with van der Waals surface area (Å²) in [7, 11) is 0. The molecule has 2 aliphatic rings. The zero-order valence-electron chi connectivity index (χ0n) is 16.4. The molecule has 1 aromatic carbocycles. The summed E-state index contributed by atoms with van der Waals surface area (Å²) in [5.74, 6) is 0.621. The average molecular weight is 384 g/mol. The minimum Gasteiger partial charge on any atom is -0.474 e. The molecule has 2 heterocycles. The quantitative estimate of drug-likeness (QED) is 0.768. The van der Waals surface area contributed by atoms with Crippen molar-refractivity contribution in [1.82, 2.24) is 4.98 Å². The number of rotatable bonds is 3. The van der Waals surface area contributed by atoms with E-state index in [0.29, 0.717) is 30.5 Å². The van der Waals surface area contributed by atoms with E-state index in [1.165, 1.54) is 12.1 Å². The SMILES string of the molecule is CC(C)(C)OC(=O)N1c2cc(Cc3ccc(F)cc3)cnc2OC[C@@H]1C1CC1. The molecule has 1 amide bonds. The van der Waals surface area contributed by atoms with Gasteiger partial charge in [-0.1, -0.05) is 12.1 Å². The highest BCUT2D eigenvalue weighted by Gasteiger charge is 2.44. The second kappa shape index (κ2) is 7.08. The van der Waals surface area contributed by atoms with E-state index in [2.05, 4.69) is 4.98 Å². The van der Waals surface area contributed by atoms with Gasteiger partial charge in [0.15, 0.2) is 0 Å². The highest BCUT2D eigenvalue weighted by atomic mass is 19.1. The van der Waals surface area contributed by atoms with Gasteiger partial charge >= 0.3 is 6.09 Å². The molecule has 1 saturated carbocycles. The number of aromatic nitrogens is 1. The zero-order valence-corrected chi connectivity index (χ0v) is 16.4. The molecule has 5 nitrogen and oxygen atoms in total. The molecule has 4 rings (SSSR count). The Balaban J connectivity index is 1.65. The molecule has 0 bridgehead atoms. The lowest BCUT2D eigenvalue weighted by atomic mass is 10.0. The van der Waals surface area contributed by atoms with Crippen LogP contribution in [0, 0.1) is 11.7 Å². The minimum atomic E-state index is -0.581. The standard InChI is InChI=1S/C22H25FN2O3/c1-22(2,3)28-21(26)25-18-11-15(10-14-4-8-17(23)9-5-14)12-24-20(18)27-13-19(25)16-6-7-16/h4-5,8-9,11-12,16,19H,6-7,10,13H2,1-3H3/t19-/m1/s1. The van der Waals surface area contributed by atoms with Crippen LogP contribution in [-0.2, 0) is 11.2 Å². The maximum Gasteiger partial charge on any atom is 0.415 e. The topological polar surface area (TPSA) is 51.7 Å². The molecule has 1 fully saturated rings. The van der Waals surface area contributed by atoms with E-state index in [1.54, 1.807) is 23.2 Å². The molecule has 0 unspecified atom stereocenters. The van der Waals surface area contributed by atoms with E-state index >= 15 is 0 Å². The highest BCUT2D eigenvalue weighted by Crippen LogP contribution is 2.43. The predicted molar refractivity (Wildman–Crippen MR) is 104 cm³/mol. The van der Waals surface area contributed by atoms with Crippen LogP contribution in [0.1, 0.15) is 44.7 Å². The molecule has 0 radical (unpaired) electrons. The number of carbonyl (C=O) groups excluding carboxylic acids is 1. The predicted octanol–water partition coefficient (Wildman–Crippen LogP) is 4.72. The molecular formula is C22H25FN2O3.